The molecule has 1 aromatic heterocycles. The zero-order valence-corrected chi connectivity index (χ0v) is 17.2. The summed E-state index contributed by atoms with van der Waals surface area (Å²) in [5, 5.41) is 27.7. The van der Waals surface area contributed by atoms with E-state index in [2.05, 4.69) is 25.9 Å². The Morgan fingerprint density at radius 2 is 1.70 bits per heavy atom. The maximum Gasteiger partial charge on any atom is 0.240 e. The normalized spacial score (nSPS) is 17.3. The standard InChI is InChI=1S/C17H19N7O4S2/c18-29(25,26)15-13(11-6-7-20-9-11)8-12(10-4-2-1-3-5-10)14(16(15)30(19,27)28)17-21-23-24-22-17/h1-5,8,11,20H,6-7,9H2,(H2,18,25,26)(H2,19,27,28)(H,21,22,23,24). The molecule has 3 aromatic rings. The van der Waals surface area contributed by atoms with E-state index in [9.17, 15) is 16.8 Å². The Kier molecular flexibility index (Phi) is 5.15. The zero-order chi connectivity index (χ0) is 21.5. The summed E-state index contributed by atoms with van der Waals surface area (Å²) >= 11 is 0. The number of rotatable bonds is 5. The van der Waals surface area contributed by atoms with Crippen LogP contribution in [-0.2, 0) is 20.0 Å². The van der Waals surface area contributed by atoms with Crippen molar-refractivity contribution in [3.8, 4) is 22.5 Å². The van der Waals surface area contributed by atoms with Crippen LogP contribution in [0.2, 0.25) is 0 Å². The fraction of sp³-hybridized carbons (Fsp3) is 0.235. The topological polar surface area (TPSA) is 187 Å². The lowest BCUT2D eigenvalue weighted by Crippen LogP contribution is -2.25. The van der Waals surface area contributed by atoms with Gasteiger partial charge >= 0.3 is 0 Å². The third-order valence-electron chi connectivity index (χ3n) is 4.99. The predicted molar refractivity (Wildman–Crippen MR) is 108 cm³/mol. The van der Waals surface area contributed by atoms with E-state index in [0.29, 0.717) is 30.6 Å². The SMILES string of the molecule is NS(=O)(=O)c1c(C2CCNC2)cc(-c2ccccc2)c(-c2nn[nH]n2)c1S(N)(=O)=O. The number of sulfonamides is 2. The van der Waals surface area contributed by atoms with Crippen LogP contribution in [0.5, 0.6) is 0 Å². The quantitative estimate of drug-likeness (QED) is 0.416. The molecule has 1 saturated heterocycles. The summed E-state index contributed by atoms with van der Waals surface area (Å²) in [7, 11) is -9.03. The van der Waals surface area contributed by atoms with Crippen molar-refractivity contribution in [1.82, 2.24) is 25.9 Å². The largest absolute Gasteiger partial charge is 0.316 e. The number of nitrogens with zero attached hydrogens (tertiary/aromatic N) is 3. The summed E-state index contributed by atoms with van der Waals surface area (Å²) in [5.74, 6) is -0.375. The molecule has 0 saturated carbocycles. The number of primary sulfonamides is 2. The van der Waals surface area contributed by atoms with Crippen molar-refractivity contribution in [2.45, 2.75) is 22.1 Å². The molecule has 2 heterocycles. The van der Waals surface area contributed by atoms with Crippen molar-refractivity contribution in [3.05, 3.63) is 42.0 Å². The molecular formula is C17H19N7O4S2. The molecule has 1 atom stereocenters. The van der Waals surface area contributed by atoms with Crippen LogP contribution in [0.3, 0.4) is 0 Å². The molecule has 11 nitrogen and oxygen atoms in total. The van der Waals surface area contributed by atoms with Crippen LogP contribution in [0.25, 0.3) is 22.5 Å². The molecule has 0 amide bonds. The lowest BCUT2D eigenvalue weighted by Gasteiger charge is -2.21. The number of hydrogen-bond acceptors (Lipinski definition) is 8. The zero-order valence-electron chi connectivity index (χ0n) is 15.6. The van der Waals surface area contributed by atoms with Gasteiger partial charge in [-0.3, -0.25) is 0 Å². The maximum absolute atomic E-state index is 12.7. The molecule has 2 aromatic carbocycles. The number of tetrazole rings is 1. The molecule has 6 N–H and O–H groups in total. The molecule has 30 heavy (non-hydrogen) atoms. The average Bonchev–Trinajstić information content (AvgIpc) is 3.39. The molecule has 4 rings (SSSR count). The summed E-state index contributed by atoms with van der Waals surface area (Å²) < 4.78 is 50.7. The lowest BCUT2D eigenvalue weighted by atomic mass is 9.90. The predicted octanol–water partition coefficient (Wildman–Crippen LogP) is -0.0946. The van der Waals surface area contributed by atoms with E-state index in [1.165, 1.54) is 0 Å². The van der Waals surface area contributed by atoms with E-state index < -0.39 is 29.8 Å². The Bertz CT molecular complexity index is 1290. The van der Waals surface area contributed by atoms with Gasteiger partial charge < -0.3 is 5.32 Å². The molecule has 0 bridgehead atoms. The molecule has 1 unspecified atom stereocenters. The summed E-state index contributed by atoms with van der Waals surface area (Å²) in [5.41, 5.74) is 1.26. The first-order valence-electron chi connectivity index (χ1n) is 8.94. The number of benzene rings is 2. The highest BCUT2D eigenvalue weighted by atomic mass is 32.2. The van der Waals surface area contributed by atoms with Gasteiger partial charge in [-0.05, 0) is 46.9 Å². The Hall–Kier alpha value is -2.71. The van der Waals surface area contributed by atoms with Gasteiger partial charge in [0, 0.05) is 6.54 Å². The number of hydrogen-bond donors (Lipinski definition) is 4. The second-order valence-electron chi connectivity index (χ2n) is 6.93. The van der Waals surface area contributed by atoms with E-state index in [0.717, 1.165) is 0 Å². The van der Waals surface area contributed by atoms with Crippen molar-refractivity contribution < 1.29 is 16.8 Å². The Labute approximate surface area is 173 Å². The van der Waals surface area contributed by atoms with Crippen molar-refractivity contribution in [2.75, 3.05) is 13.1 Å². The average molecular weight is 450 g/mol. The van der Waals surface area contributed by atoms with Crippen LogP contribution < -0.4 is 15.6 Å². The Morgan fingerprint density at radius 1 is 1.00 bits per heavy atom. The molecule has 13 heteroatoms. The van der Waals surface area contributed by atoms with Crippen LogP contribution in [0.15, 0.2) is 46.2 Å². The molecule has 1 aliphatic heterocycles. The van der Waals surface area contributed by atoms with Gasteiger partial charge in [0.1, 0.15) is 9.79 Å². The van der Waals surface area contributed by atoms with E-state index in [-0.39, 0.29) is 22.9 Å². The molecule has 158 valence electrons. The number of aromatic amines is 1. The van der Waals surface area contributed by atoms with Gasteiger partial charge in [-0.15, -0.1) is 10.2 Å². The van der Waals surface area contributed by atoms with Crippen molar-refractivity contribution in [2.24, 2.45) is 10.3 Å². The van der Waals surface area contributed by atoms with Crippen LogP contribution in [-0.4, -0.2) is 50.5 Å². The molecule has 0 spiro atoms. The van der Waals surface area contributed by atoms with Crippen molar-refractivity contribution in [1.29, 1.82) is 0 Å². The minimum atomic E-state index is -4.56. The first kappa shape index (κ1) is 20.6. The van der Waals surface area contributed by atoms with Gasteiger partial charge in [0.05, 0.1) is 5.56 Å². The highest BCUT2D eigenvalue weighted by molar-refractivity contribution is 7.92. The highest BCUT2D eigenvalue weighted by Crippen LogP contribution is 2.43. The third kappa shape index (κ3) is 3.73. The van der Waals surface area contributed by atoms with Crippen LogP contribution in [0.1, 0.15) is 17.9 Å². The Morgan fingerprint density at radius 3 is 2.23 bits per heavy atom. The number of H-pyrrole nitrogens is 1. The second-order valence-corrected chi connectivity index (χ2v) is 9.92. The van der Waals surface area contributed by atoms with Gasteiger partial charge in [0.15, 0.2) is 0 Å². The smallest absolute Gasteiger partial charge is 0.240 e. The Balaban J connectivity index is 2.23. The minimum absolute atomic E-state index is 0.0730. The van der Waals surface area contributed by atoms with Gasteiger partial charge in [0.25, 0.3) is 0 Å². The first-order chi connectivity index (χ1) is 14.2. The van der Waals surface area contributed by atoms with Crippen LogP contribution >= 0.6 is 0 Å². The first-order valence-corrected chi connectivity index (χ1v) is 12.0. The van der Waals surface area contributed by atoms with Crippen molar-refractivity contribution in [3.63, 3.8) is 0 Å². The highest BCUT2D eigenvalue weighted by Gasteiger charge is 2.36. The van der Waals surface area contributed by atoms with Crippen LogP contribution in [0.4, 0.5) is 0 Å². The van der Waals surface area contributed by atoms with E-state index in [1.807, 2.05) is 0 Å². The number of nitrogens with two attached hydrogens (primary N) is 2. The van der Waals surface area contributed by atoms with E-state index >= 15 is 0 Å². The monoisotopic (exact) mass is 449 g/mol. The summed E-state index contributed by atoms with van der Waals surface area (Å²) in [4.78, 5) is -1.16. The van der Waals surface area contributed by atoms with Crippen molar-refractivity contribution >= 4 is 20.0 Å². The summed E-state index contributed by atoms with van der Waals surface area (Å²) in [6.45, 7) is 1.13. The summed E-state index contributed by atoms with van der Waals surface area (Å²) in [6, 6.07) is 10.5. The fourth-order valence-corrected chi connectivity index (χ4v) is 6.26. The molecule has 0 aliphatic carbocycles. The van der Waals surface area contributed by atoms with E-state index in [4.69, 9.17) is 10.3 Å². The van der Waals surface area contributed by atoms with Gasteiger partial charge in [-0.25, -0.2) is 27.1 Å². The molecule has 0 radical (unpaired) electrons. The lowest BCUT2D eigenvalue weighted by molar-refractivity contribution is 0.580. The summed E-state index contributed by atoms with van der Waals surface area (Å²) in [6.07, 6.45) is 0.613. The number of aromatic nitrogens is 4. The molecule has 1 aliphatic rings. The maximum atomic E-state index is 12.7. The van der Waals surface area contributed by atoms with E-state index in [1.54, 1.807) is 36.4 Å². The van der Waals surface area contributed by atoms with Gasteiger partial charge in [0.2, 0.25) is 25.9 Å². The van der Waals surface area contributed by atoms with Gasteiger partial charge in [-0.1, -0.05) is 30.3 Å². The number of nitrogens with one attached hydrogen (secondary N) is 2. The molecule has 1 fully saturated rings. The third-order valence-corrected chi connectivity index (χ3v) is 7.10. The minimum Gasteiger partial charge on any atom is -0.316 e. The van der Waals surface area contributed by atoms with Gasteiger partial charge in [-0.2, -0.15) is 5.21 Å². The fourth-order valence-electron chi connectivity index (χ4n) is 3.78. The molecular weight excluding hydrogens is 430 g/mol. The van der Waals surface area contributed by atoms with Crippen LogP contribution in [0, 0.1) is 0 Å². The second kappa shape index (κ2) is 7.52.